The fraction of sp³-hybridized carbons (Fsp3) is 0.625. The van der Waals surface area contributed by atoms with Gasteiger partial charge in [-0.15, -0.1) is 0 Å². The van der Waals surface area contributed by atoms with Gasteiger partial charge >= 0.3 is 0 Å². The molecule has 3 nitrogen and oxygen atoms in total. The Labute approximate surface area is 116 Å². The van der Waals surface area contributed by atoms with E-state index in [2.05, 4.69) is 42.4 Å². The molecule has 3 heteroatoms. The number of hydrogen-bond acceptors (Lipinski definition) is 3. The highest BCUT2D eigenvalue weighted by Gasteiger charge is 2.15. The quantitative estimate of drug-likeness (QED) is 0.883. The normalized spacial score (nSPS) is 16.4. The number of methoxy groups -OCH3 is 1. The molecule has 0 aromatic heterocycles. The van der Waals surface area contributed by atoms with Crippen molar-refractivity contribution in [2.24, 2.45) is 5.92 Å². The molecule has 1 saturated heterocycles. The predicted octanol–water partition coefficient (Wildman–Crippen LogP) is 2.69. The molecule has 2 rings (SSSR count). The summed E-state index contributed by atoms with van der Waals surface area (Å²) in [5.41, 5.74) is 2.59. The Kier molecular flexibility index (Phi) is 5.08. The minimum absolute atomic E-state index is 0.818. The zero-order valence-corrected chi connectivity index (χ0v) is 12.4. The van der Waals surface area contributed by atoms with E-state index in [1.165, 1.54) is 37.2 Å². The van der Waals surface area contributed by atoms with Crippen molar-refractivity contribution in [2.45, 2.75) is 26.2 Å². The Balaban J connectivity index is 2.03. The summed E-state index contributed by atoms with van der Waals surface area (Å²) in [6.07, 6.45) is 3.60. The molecule has 0 amide bonds. The van der Waals surface area contributed by atoms with E-state index in [1.807, 2.05) is 0 Å². The highest BCUT2D eigenvalue weighted by Crippen LogP contribution is 2.26. The van der Waals surface area contributed by atoms with Gasteiger partial charge in [0.1, 0.15) is 5.75 Å². The van der Waals surface area contributed by atoms with Gasteiger partial charge in [-0.3, -0.25) is 0 Å². The first-order valence-corrected chi connectivity index (χ1v) is 7.33. The number of hydrogen-bond donors (Lipinski definition) is 1. The van der Waals surface area contributed by atoms with Crippen LogP contribution in [0.2, 0.25) is 0 Å². The van der Waals surface area contributed by atoms with Crippen LogP contribution in [0.1, 0.15) is 25.3 Å². The maximum absolute atomic E-state index is 5.39. The molecule has 0 saturated carbocycles. The van der Waals surface area contributed by atoms with Gasteiger partial charge < -0.3 is 15.0 Å². The van der Waals surface area contributed by atoms with Crippen LogP contribution >= 0.6 is 0 Å². The molecule has 19 heavy (non-hydrogen) atoms. The first kappa shape index (κ1) is 14.2. The Morgan fingerprint density at radius 1 is 1.32 bits per heavy atom. The van der Waals surface area contributed by atoms with E-state index in [0.717, 1.165) is 24.6 Å². The number of aryl methyl sites for hydroxylation is 1. The van der Waals surface area contributed by atoms with E-state index in [0.29, 0.717) is 0 Å². The molecule has 0 aliphatic carbocycles. The number of nitrogens with one attached hydrogen (secondary N) is 1. The molecular weight excluding hydrogens is 236 g/mol. The van der Waals surface area contributed by atoms with Crippen LogP contribution in [0.3, 0.4) is 0 Å². The van der Waals surface area contributed by atoms with Crippen LogP contribution in [0.25, 0.3) is 0 Å². The Hall–Kier alpha value is -1.22. The number of rotatable bonds is 5. The summed E-state index contributed by atoms with van der Waals surface area (Å²) in [5, 5.41) is 3.43. The van der Waals surface area contributed by atoms with Gasteiger partial charge in [-0.1, -0.05) is 6.92 Å². The van der Waals surface area contributed by atoms with Gasteiger partial charge in [0.15, 0.2) is 0 Å². The molecule has 1 aromatic carbocycles. The second kappa shape index (κ2) is 6.80. The van der Waals surface area contributed by atoms with Gasteiger partial charge in [0.2, 0.25) is 0 Å². The summed E-state index contributed by atoms with van der Waals surface area (Å²) in [4.78, 5) is 2.38. The number of benzene rings is 1. The van der Waals surface area contributed by atoms with Gasteiger partial charge in [-0.2, -0.15) is 0 Å². The van der Waals surface area contributed by atoms with E-state index in [9.17, 15) is 0 Å². The van der Waals surface area contributed by atoms with Crippen LogP contribution in [0.15, 0.2) is 18.2 Å². The fourth-order valence-corrected chi connectivity index (χ4v) is 2.84. The minimum atomic E-state index is 0.818. The molecule has 0 atom stereocenters. The van der Waals surface area contributed by atoms with Crippen LogP contribution in [0.5, 0.6) is 5.75 Å². The van der Waals surface area contributed by atoms with Crippen LogP contribution in [0.4, 0.5) is 5.69 Å². The number of ether oxygens (including phenoxy) is 1. The van der Waals surface area contributed by atoms with E-state index in [1.54, 1.807) is 7.11 Å². The predicted molar refractivity (Wildman–Crippen MR) is 81.2 cm³/mol. The molecule has 1 aromatic rings. The molecule has 106 valence electrons. The van der Waals surface area contributed by atoms with Gasteiger partial charge in [0.25, 0.3) is 0 Å². The molecule has 0 spiro atoms. The summed E-state index contributed by atoms with van der Waals surface area (Å²) in [6, 6.07) is 6.52. The summed E-state index contributed by atoms with van der Waals surface area (Å²) < 4.78 is 5.39. The first-order valence-electron chi connectivity index (χ1n) is 7.33. The summed E-state index contributed by atoms with van der Waals surface area (Å²) >= 11 is 0. The molecule has 1 aliphatic rings. The number of nitrogens with zero attached hydrogens (tertiary/aromatic N) is 1. The van der Waals surface area contributed by atoms with Crippen molar-refractivity contribution in [2.75, 3.05) is 38.7 Å². The van der Waals surface area contributed by atoms with Crippen molar-refractivity contribution in [1.82, 2.24) is 5.32 Å². The average Bonchev–Trinajstić information content (AvgIpc) is 2.47. The largest absolute Gasteiger partial charge is 0.496 e. The highest BCUT2D eigenvalue weighted by atomic mass is 16.5. The second-order valence-corrected chi connectivity index (χ2v) is 5.42. The summed E-state index contributed by atoms with van der Waals surface area (Å²) in [5.74, 6) is 1.82. The molecule has 0 radical (unpaired) electrons. The standard InChI is InChI=1S/C16H26N2O/c1-4-14-11-15(5-6-16(14)19-3)18(2)12-13-7-9-17-10-8-13/h5-6,11,13,17H,4,7-10,12H2,1-3H3. The highest BCUT2D eigenvalue weighted by molar-refractivity contribution is 5.52. The van der Waals surface area contributed by atoms with Crippen molar-refractivity contribution in [3.8, 4) is 5.75 Å². The third-order valence-corrected chi connectivity index (χ3v) is 4.08. The number of anilines is 1. The van der Waals surface area contributed by atoms with Crippen molar-refractivity contribution >= 4 is 5.69 Å². The Bertz CT molecular complexity index is 400. The lowest BCUT2D eigenvalue weighted by Crippen LogP contribution is -2.34. The third kappa shape index (κ3) is 3.63. The maximum Gasteiger partial charge on any atom is 0.122 e. The fourth-order valence-electron chi connectivity index (χ4n) is 2.84. The van der Waals surface area contributed by atoms with Crippen molar-refractivity contribution in [1.29, 1.82) is 0 Å². The lowest BCUT2D eigenvalue weighted by Gasteiger charge is -2.29. The van der Waals surface area contributed by atoms with Crippen LogP contribution in [0, 0.1) is 5.92 Å². The molecule has 1 heterocycles. The number of piperidine rings is 1. The van der Waals surface area contributed by atoms with Gasteiger partial charge in [-0.05, 0) is 62.0 Å². The molecule has 1 aliphatic heterocycles. The van der Waals surface area contributed by atoms with Gasteiger partial charge in [0.05, 0.1) is 7.11 Å². The topological polar surface area (TPSA) is 24.5 Å². The van der Waals surface area contributed by atoms with Crippen molar-refractivity contribution in [3.05, 3.63) is 23.8 Å². The first-order chi connectivity index (χ1) is 9.24. The smallest absolute Gasteiger partial charge is 0.122 e. The van der Waals surface area contributed by atoms with Crippen LogP contribution in [-0.2, 0) is 6.42 Å². The molecular formula is C16H26N2O. The summed E-state index contributed by atoms with van der Waals surface area (Å²) in [7, 11) is 3.94. The molecule has 0 bridgehead atoms. The zero-order valence-electron chi connectivity index (χ0n) is 12.4. The second-order valence-electron chi connectivity index (χ2n) is 5.42. The van der Waals surface area contributed by atoms with Crippen molar-refractivity contribution < 1.29 is 4.74 Å². The monoisotopic (exact) mass is 262 g/mol. The summed E-state index contributed by atoms with van der Waals surface area (Å²) in [6.45, 7) is 5.66. The van der Waals surface area contributed by atoms with Crippen LogP contribution in [-0.4, -0.2) is 33.8 Å². The maximum atomic E-state index is 5.39. The molecule has 0 unspecified atom stereocenters. The van der Waals surface area contributed by atoms with E-state index >= 15 is 0 Å². The SMILES string of the molecule is CCc1cc(N(C)CC2CCNCC2)ccc1OC. The Morgan fingerprint density at radius 3 is 2.68 bits per heavy atom. The minimum Gasteiger partial charge on any atom is -0.496 e. The lowest BCUT2D eigenvalue weighted by atomic mass is 9.97. The van der Waals surface area contributed by atoms with Crippen LogP contribution < -0.4 is 15.0 Å². The van der Waals surface area contributed by atoms with Gasteiger partial charge in [-0.25, -0.2) is 0 Å². The van der Waals surface area contributed by atoms with Crippen molar-refractivity contribution in [3.63, 3.8) is 0 Å². The van der Waals surface area contributed by atoms with E-state index in [4.69, 9.17) is 4.74 Å². The lowest BCUT2D eigenvalue weighted by molar-refractivity contribution is 0.378. The van der Waals surface area contributed by atoms with E-state index < -0.39 is 0 Å². The Morgan fingerprint density at radius 2 is 2.05 bits per heavy atom. The average molecular weight is 262 g/mol. The molecule has 1 fully saturated rings. The molecule has 1 N–H and O–H groups in total. The van der Waals surface area contributed by atoms with E-state index in [-0.39, 0.29) is 0 Å². The zero-order chi connectivity index (χ0) is 13.7. The third-order valence-electron chi connectivity index (χ3n) is 4.08. The van der Waals surface area contributed by atoms with Gasteiger partial charge in [0, 0.05) is 19.3 Å².